The first kappa shape index (κ1) is 17.6. The maximum Gasteiger partial charge on any atom is 0.276 e. The minimum absolute atomic E-state index is 0.0544. The van der Waals surface area contributed by atoms with E-state index in [-0.39, 0.29) is 5.91 Å². The van der Waals surface area contributed by atoms with Gasteiger partial charge in [0, 0.05) is 35.7 Å². The number of amides is 1. The van der Waals surface area contributed by atoms with Crippen LogP contribution in [0.4, 0.5) is 11.4 Å². The quantitative estimate of drug-likeness (QED) is 0.707. The topological polar surface area (TPSA) is 45.2 Å². The van der Waals surface area contributed by atoms with Crippen molar-refractivity contribution in [3.8, 4) is 0 Å². The molecule has 1 N–H and O–H groups in total. The third kappa shape index (κ3) is 3.96. The molecule has 0 aliphatic carbocycles. The van der Waals surface area contributed by atoms with Gasteiger partial charge < -0.3 is 10.2 Å². The number of hydrogen-bond acceptors (Lipinski definition) is 3. The average molecular weight is 378 g/mol. The van der Waals surface area contributed by atoms with Gasteiger partial charge in [-0.15, -0.1) is 0 Å². The molecule has 0 unspecified atom stereocenters. The summed E-state index contributed by atoms with van der Waals surface area (Å²) in [7, 11) is 0. The molecule has 0 atom stereocenters. The van der Waals surface area contributed by atoms with Crippen LogP contribution in [0.15, 0.2) is 66.9 Å². The molecule has 0 radical (unpaired) electrons. The van der Waals surface area contributed by atoms with Crippen LogP contribution in [0.25, 0.3) is 0 Å². The van der Waals surface area contributed by atoms with Crippen molar-refractivity contribution >= 4 is 28.9 Å². The van der Waals surface area contributed by atoms with Gasteiger partial charge >= 0.3 is 0 Å². The highest BCUT2D eigenvalue weighted by Crippen LogP contribution is 2.28. The summed E-state index contributed by atoms with van der Waals surface area (Å²) in [5, 5.41) is 4.11. The van der Waals surface area contributed by atoms with Crippen molar-refractivity contribution in [1.82, 2.24) is 4.98 Å². The predicted molar refractivity (Wildman–Crippen MR) is 110 cm³/mol. The summed E-state index contributed by atoms with van der Waals surface area (Å²) < 4.78 is 0. The zero-order chi connectivity index (χ0) is 18.6. The third-order valence-electron chi connectivity index (χ3n) is 4.77. The van der Waals surface area contributed by atoms with Crippen molar-refractivity contribution in [3.05, 3.63) is 88.7 Å². The number of hydrogen-bond donors (Lipinski definition) is 1. The van der Waals surface area contributed by atoms with E-state index in [1.165, 1.54) is 11.1 Å². The van der Waals surface area contributed by atoms with E-state index >= 15 is 0 Å². The summed E-state index contributed by atoms with van der Waals surface area (Å²) in [5.41, 5.74) is 4.78. The lowest BCUT2D eigenvalue weighted by Gasteiger charge is -2.17. The van der Waals surface area contributed by atoms with Crippen LogP contribution in [0, 0.1) is 0 Å². The zero-order valence-corrected chi connectivity index (χ0v) is 15.6. The first-order valence-electron chi connectivity index (χ1n) is 9.05. The Morgan fingerprint density at radius 1 is 1.11 bits per heavy atom. The number of para-hydroxylation sites is 1. The van der Waals surface area contributed by atoms with Crippen LogP contribution in [0.5, 0.6) is 0 Å². The Balaban J connectivity index is 1.42. The Labute approximate surface area is 163 Å². The van der Waals surface area contributed by atoms with Crippen molar-refractivity contribution in [2.75, 3.05) is 23.3 Å². The highest BCUT2D eigenvalue weighted by Gasteiger charge is 2.25. The highest BCUT2D eigenvalue weighted by molar-refractivity contribution is 6.30. The number of carbonyl (C=O) groups is 1. The molecular weight excluding hydrogens is 358 g/mol. The Morgan fingerprint density at radius 3 is 2.78 bits per heavy atom. The van der Waals surface area contributed by atoms with E-state index in [1.807, 2.05) is 59.5 Å². The molecule has 0 bridgehead atoms. The molecule has 1 amide bonds. The number of rotatable bonds is 5. The van der Waals surface area contributed by atoms with Crippen LogP contribution in [0.2, 0.25) is 5.02 Å². The molecule has 2 heterocycles. The smallest absolute Gasteiger partial charge is 0.276 e. The maximum atomic E-state index is 12.9. The standard InChI is InChI=1S/C22H20ClN3O/c23-18-7-5-16(6-8-18)9-12-24-19-10-13-25-20(15-19)22(27)26-14-11-17-3-1-2-4-21(17)26/h1-8,10,13,15H,9,11-12,14H2,(H,24,25). The molecule has 0 saturated heterocycles. The largest absolute Gasteiger partial charge is 0.385 e. The van der Waals surface area contributed by atoms with E-state index < -0.39 is 0 Å². The van der Waals surface area contributed by atoms with E-state index in [2.05, 4.69) is 16.4 Å². The number of nitrogens with one attached hydrogen (secondary N) is 1. The molecule has 3 aromatic rings. The average Bonchev–Trinajstić information content (AvgIpc) is 3.13. The van der Waals surface area contributed by atoms with Crippen LogP contribution >= 0.6 is 11.6 Å². The molecule has 1 aliphatic heterocycles. The summed E-state index contributed by atoms with van der Waals surface area (Å²) in [6, 6.07) is 19.6. The van der Waals surface area contributed by atoms with E-state index in [0.29, 0.717) is 12.2 Å². The molecule has 0 spiro atoms. The second kappa shape index (κ2) is 7.80. The third-order valence-corrected chi connectivity index (χ3v) is 5.02. The Bertz CT molecular complexity index is 956. The van der Waals surface area contributed by atoms with Gasteiger partial charge in [0.1, 0.15) is 5.69 Å². The second-order valence-corrected chi connectivity index (χ2v) is 7.00. The lowest BCUT2D eigenvalue weighted by Crippen LogP contribution is -2.29. The second-order valence-electron chi connectivity index (χ2n) is 6.57. The normalized spacial score (nSPS) is 12.7. The van der Waals surface area contributed by atoms with E-state index in [0.717, 1.165) is 35.8 Å². The van der Waals surface area contributed by atoms with Gasteiger partial charge in [0.05, 0.1) is 0 Å². The van der Waals surface area contributed by atoms with Crippen LogP contribution in [-0.2, 0) is 12.8 Å². The van der Waals surface area contributed by atoms with Gasteiger partial charge in [-0.25, -0.2) is 0 Å². The predicted octanol–water partition coefficient (Wildman–Crippen LogP) is 4.59. The number of fused-ring (bicyclic) bond motifs is 1. The molecule has 2 aromatic carbocycles. The van der Waals surface area contributed by atoms with Crippen molar-refractivity contribution in [2.45, 2.75) is 12.8 Å². The summed E-state index contributed by atoms with van der Waals surface area (Å²) in [6.45, 7) is 1.47. The molecule has 27 heavy (non-hydrogen) atoms. The summed E-state index contributed by atoms with van der Waals surface area (Å²) in [4.78, 5) is 19.0. The fourth-order valence-corrected chi connectivity index (χ4v) is 3.47. The van der Waals surface area contributed by atoms with Crippen LogP contribution in [-0.4, -0.2) is 24.0 Å². The van der Waals surface area contributed by atoms with Crippen molar-refractivity contribution in [3.63, 3.8) is 0 Å². The number of aromatic nitrogens is 1. The molecule has 1 aliphatic rings. The number of pyridine rings is 1. The molecular formula is C22H20ClN3O. The monoisotopic (exact) mass is 377 g/mol. The van der Waals surface area contributed by atoms with Crippen LogP contribution in [0.1, 0.15) is 21.6 Å². The number of carbonyl (C=O) groups excluding carboxylic acids is 1. The van der Waals surface area contributed by atoms with Gasteiger partial charge in [-0.2, -0.15) is 0 Å². The molecule has 136 valence electrons. The zero-order valence-electron chi connectivity index (χ0n) is 14.9. The Morgan fingerprint density at radius 2 is 1.93 bits per heavy atom. The molecule has 0 saturated carbocycles. The first-order chi connectivity index (χ1) is 13.2. The number of benzene rings is 2. The van der Waals surface area contributed by atoms with Crippen molar-refractivity contribution < 1.29 is 4.79 Å². The molecule has 1 aromatic heterocycles. The van der Waals surface area contributed by atoms with E-state index in [1.54, 1.807) is 6.20 Å². The number of anilines is 2. The fourth-order valence-electron chi connectivity index (χ4n) is 3.35. The van der Waals surface area contributed by atoms with E-state index in [9.17, 15) is 4.79 Å². The minimum Gasteiger partial charge on any atom is -0.385 e. The summed E-state index contributed by atoms with van der Waals surface area (Å²) >= 11 is 5.92. The van der Waals surface area contributed by atoms with Gasteiger partial charge in [0.25, 0.3) is 5.91 Å². The molecule has 0 fully saturated rings. The van der Waals surface area contributed by atoms with Crippen LogP contribution < -0.4 is 10.2 Å². The minimum atomic E-state index is -0.0544. The van der Waals surface area contributed by atoms with Gasteiger partial charge in [0.15, 0.2) is 0 Å². The van der Waals surface area contributed by atoms with Gasteiger partial charge in [-0.1, -0.05) is 41.9 Å². The summed E-state index contributed by atoms with van der Waals surface area (Å²) in [6.07, 6.45) is 3.45. The highest BCUT2D eigenvalue weighted by atomic mass is 35.5. The van der Waals surface area contributed by atoms with Gasteiger partial charge in [0.2, 0.25) is 0 Å². The van der Waals surface area contributed by atoms with Crippen molar-refractivity contribution in [2.24, 2.45) is 0 Å². The summed E-state index contributed by atoms with van der Waals surface area (Å²) in [5.74, 6) is -0.0544. The Kier molecular flexibility index (Phi) is 5.07. The lowest BCUT2D eigenvalue weighted by atomic mass is 10.1. The fraction of sp³-hybridized carbons (Fsp3) is 0.182. The van der Waals surface area contributed by atoms with E-state index in [4.69, 9.17) is 11.6 Å². The SMILES string of the molecule is O=C(c1cc(NCCc2ccc(Cl)cc2)ccn1)N1CCc2ccccc21. The number of halogens is 1. The maximum absolute atomic E-state index is 12.9. The molecule has 4 nitrogen and oxygen atoms in total. The molecule has 4 rings (SSSR count). The lowest BCUT2D eigenvalue weighted by molar-refractivity contribution is 0.0984. The first-order valence-corrected chi connectivity index (χ1v) is 9.43. The number of nitrogens with zero attached hydrogens (tertiary/aromatic N) is 2. The van der Waals surface area contributed by atoms with Gasteiger partial charge in [-0.3, -0.25) is 9.78 Å². The van der Waals surface area contributed by atoms with Gasteiger partial charge in [-0.05, 0) is 54.3 Å². The molecule has 5 heteroatoms. The van der Waals surface area contributed by atoms with Crippen LogP contribution in [0.3, 0.4) is 0 Å². The Hall–Kier alpha value is -2.85. The van der Waals surface area contributed by atoms with Crippen molar-refractivity contribution in [1.29, 1.82) is 0 Å².